The Morgan fingerprint density at radius 3 is 2.62 bits per heavy atom. The van der Waals surface area contributed by atoms with E-state index < -0.39 is 0 Å². The summed E-state index contributed by atoms with van der Waals surface area (Å²) in [4.78, 5) is 2.55. The molecule has 0 atom stereocenters. The van der Waals surface area contributed by atoms with Gasteiger partial charge in [-0.15, -0.1) is 0 Å². The molecule has 4 rings (SSSR count). The Bertz CT molecular complexity index is 859. The molecule has 1 aliphatic rings. The molecule has 2 aromatic carbocycles. The predicted molar refractivity (Wildman–Crippen MR) is 99.4 cm³/mol. The number of benzene rings is 2. The second kappa shape index (κ2) is 6.33. The predicted octanol–water partition coefficient (Wildman–Crippen LogP) is 4.42. The minimum atomic E-state index is 0.356. The highest BCUT2D eigenvalue weighted by Gasteiger charge is 2.12. The summed E-state index contributed by atoms with van der Waals surface area (Å²) >= 11 is 0. The van der Waals surface area contributed by atoms with Crippen LogP contribution in [0.3, 0.4) is 0 Å². The molecule has 3 aromatic rings. The summed E-state index contributed by atoms with van der Waals surface area (Å²) in [5, 5.41) is 11.1. The molecule has 1 fully saturated rings. The molecule has 3 heteroatoms. The lowest BCUT2D eigenvalue weighted by molar-refractivity contribution is 0.324. The summed E-state index contributed by atoms with van der Waals surface area (Å²) < 4.78 is 2.37. The zero-order valence-electron chi connectivity index (χ0n) is 14.2. The summed E-state index contributed by atoms with van der Waals surface area (Å²) in [6.45, 7) is 6.61. The third-order valence-corrected chi connectivity index (χ3v) is 5.18. The molecule has 1 saturated heterocycles. The van der Waals surface area contributed by atoms with Gasteiger partial charge in [0.05, 0.1) is 0 Å². The van der Waals surface area contributed by atoms with E-state index in [1.165, 1.54) is 42.4 Å². The van der Waals surface area contributed by atoms with Gasteiger partial charge in [0.25, 0.3) is 0 Å². The molecular weight excluding hydrogens is 296 g/mol. The molecule has 24 heavy (non-hydrogen) atoms. The van der Waals surface area contributed by atoms with Gasteiger partial charge in [-0.3, -0.25) is 0 Å². The van der Waals surface area contributed by atoms with Crippen molar-refractivity contribution in [3.05, 3.63) is 54.2 Å². The number of likely N-dealkylation sites (tertiary alicyclic amines) is 1. The van der Waals surface area contributed by atoms with Gasteiger partial charge in [0.1, 0.15) is 5.75 Å². The Labute approximate surface area is 143 Å². The minimum absolute atomic E-state index is 0.356. The van der Waals surface area contributed by atoms with Crippen molar-refractivity contribution in [3.8, 4) is 16.9 Å². The monoisotopic (exact) mass is 320 g/mol. The van der Waals surface area contributed by atoms with Crippen LogP contribution in [0, 0.1) is 6.92 Å². The lowest BCUT2D eigenvalue weighted by Gasteiger charge is -2.15. The van der Waals surface area contributed by atoms with Crippen LogP contribution in [0.25, 0.3) is 22.0 Å². The van der Waals surface area contributed by atoms with Crippen LogP contribution in [-0.4, -0.2) is 34.2 Å². The lowest BCUT2D eigenvalue weighted by atomic mass is 10.00. The van der Waals surface area contributed by atoms with E-state index in [1.54, 1.807) is 6.07 Å². The molecule has 3 nitrogen and oxygen atoms in total. The quantitative estimate of drug-likeness (QED) is 0.771. The van der Waals surface area contributed by atoms with Gasteiger partial charge in [0, 0.05) is 30.2 Å². The SMILES string of the molecule is Cc1cc(-c2cccc3c2ccn3CCN2CCCC2)ccc1O. The normalized spacial score (nSPS) is 15.4. The van der Waals surface area contributed by atoms with Crippen molar-refractivity contribution in [1.82, 2.24) is 9.47 Å². The Morgan fingerprint density at radius 1 is 1.00 bits per heavy atom. The van der Waals surface area contributed by atoms with Crippen LogP contribution >= 0.6 is 0 Å². The van der Waals surface area contributed by atoms with Gasteiger partial charge in [-0.05, 0) is 73.8 Å². The third kappa shape index (κ3) is 2.80. The fraction of sp³-hybridized carbons (Fsp3) is 0.333. The average molecular weight is 320 g/mol. The van der Waals surface area contributed by atoms with Crippen molar-refractivity contribution in [2.24, 2.45) is 0 Å². The maximum atomic E-state index is 9.77. The molecule has 1 aliphatic heterocycles. The minimum Gasteiger partial charge on any atom is -0.508 e. The summed E-state index contributed by atoms with van der Waals surface area (Å²) in [6, 6.07) is 14.6. The van der Waals surface area contributed by atoms with Gasteiger partial charge >= 0.3 is 0 Å². The van der Waals surface area contributed by atoms with E-state index in [9.17, 15) is 5.11 Å². The molecule has 1 N–H and O–H groups in total. The smallest absolute Gasteiger partial charge is 0.118 e. The zero-order chi connectivity index (χ0) is 16.5. The van der Waals surface area contributed by atoms with Gasteiger partial charge in [0.2, 0.25) is 0 Å². The number of fused-ring (bicyclic) bond motifs is 1. The number of hydrogen-bond acceptors (Lipinski definition) is 2. The number of rotatable bonds is 4. The third-order valence-electron chi connectivity index (χ3n) is 5.18. The van der Waals surface area contributed by atoms with Gasteiger partial charge in [0.15, 0.2) is 0 Å². The van der Waals surface area contributed by atoms with E-state index in [0.29, 0.717) is 5.75 Å². The van der Waals surface area contributed by atoms with Crippen LogP contribution in [0.2, 0.25) is 0 Å². The van der Waals surface area contributed by atoms with Crippen LogP contribution in [0.15, 0.2) is 48.7 Å². The summed E-state index contributed by atoms with van der Waals surface area (Å²) in [6.07, 6.45) is 4.89. The Kier molecular flexibility index (Phi) is 4.03. The maximum Gasteiger partial charge on any atom is 0.118 e. The van der Waals surface area contributed by atoms with Crippen LogP contribution in [0.4, 0.5) is 0 Å². The van der Waals surface area contributed by atoms with Crippen LogP contribution < -0.4 is 0 Å². The first-order valence-corrected chi connectivity index (χ1v) is 8.82. The highest BCUT2D eigenvalue weighted by molar-refractivity contribution is 5.95. The lowest BCUT2D eigenvalue weighted by Crippen LogP contribution is -2.23. The van der Waals surface area contributed by atoms with Crippen molar-refractivity contribution in [2.75, 3.05) is 19.6 Å². The first-order valence-electron chi connectivity index (χ1n) is 8.82. The van der Waals surface area contributed by atoms with E-state index in [4.69, 9.17) is 0 Å². The molecule has 0 spiro atoms. The highest BCUT2D eigenvalue weighted by Crippen LogP contribution is 2.32. The maximum absolute atomic E-state index is 9.77. The summed E-state index contributed by atoms with van der Waals surface area (Å²) in [5.74, 6) is 0.356. The fourth-order valence-electron chi connectivity index (χ4n) is 3.75. The van der Waals surface area contributed by atoms with Crippen molar-refractivity contribution < 1.29 is 5.11 Å². The molecule has 0 unspecified atom stereocenters. The first kappa shape index (κ1) is 15.3. The van der Waals surface area contributed by atoms with Crippen molar-refractivity contribution in [2.45, 2.75) is 26.3 Å². The van der Waals surface area contributed by atoms with Crippen molar-refractivity contribution in [1.29, 1.82) is 0 Å². The first-order chi connectivity index (χ1) is 11.7. The molecule has 0 radical (unpaired) electrons. The Balaban J connectivity index is 1.66. The molecular formula is C21H24N2O. The Morgan fingerprint density at radius 2 is 1.83 bits per heavy atom. The van der Waals surface area contributed by atoms with Crippen LogP contribution in [0.1, 0.15) is 18.4 Å². The standard InChI is InChI=1S/C21H24N2O/c1-16-15-17(7-8-21(16)24)18-5-4-6-20-19(18)9-12-23(20)14-13-22-10-2-3-11-22/h4-9,12,15,24H,2-3,10-11,13-14H2,1H3. The zero-order valence-corrected chi connectivity index (χ0v) is 14.2. The van der Waals surface area contributed by atoms with Crippen LogP contribution in [-0.2, 0) is 6.54 Å². The molecule has 1 aromatic heterocycles. The van der Waals surface area contributed by atoms with Crippen molar-refractivity contribution in [3.63, 3.8) is 0 Å². The topological polar surface area (TPSA) is 28.4 Å². The molecule has 124 valence electrons. The number of aryl methyl sites for hydroxylation is 1. The number of phenolic OH excluding ortho intramolecular Hbond substituents is 1. The highest BCUT2D eigenvalue weighted by atomic mass is 16.3. The second-order valence-electron chi connectivity index (χ2n) is 6.80. The number of nitrogens with zero attached hydrogens (tertiary/aromatic N) is 2. The second-order valence-corrected chi connectivity index (χ2v) is 6.80. The average Bonchev–Trinajstić information content (AvgIpc) is 3.24. The summed E-state index contributed by atoms with van der Waals surface area (Å²) in [5.41, 5.74) is 4.60. The van der Waals surface area contributed by atoms with E-state index in [1.807, 2.05) is 13.0 Å². The largest absolute Gasteiger partial charge is 0.508 e. The molecule has 0 bridgehead atoms. The van der Waals surface area contributed by atoms with Gasteiger partial charge in [-0.25, -0.2) is 0 Å². The molecule has 2 heterocycles. The van der Waals surface area contributed by atoms with Gasteiger partial charge in [-0.1, -0.05) is 18.2 Å². The van der Waals surface area contributed by atoms with Gasteiger partial charge < -0.3 is 14.6 Å². The Hall–Kier alpha value is -2.26. The summed E-state index contributed by atoms with van der Waals surface area (Å²) in [7, 11) is 0. The molecule has 0 saturated carbocycles. The van der Waals surface area contributed by atoms with Crippen LogP contribution in [0.5, 0.6) is 5.75 Å². The molecule has 0 amide bonds. The van der Waals surface area contributed by atoms with E-state index in [2.05, 4.69) is 46.0 Å². The number of aromatic nitrogens is 1. The fourth-order valence-corrected chi connectivity index (χ4v) is 3.75. The number of phenols is 1. The molecule has 0 aliphatic carbocycles. The van der Waals surface area contributed by atoms with E-state index in [-0.39, 0.29) is 0 Å². The van der Waals surface area contributed by atoms with E-state index in [0.717, 1.165) is 24.2 Å². The number of aromatic hydroxyl groups is 1. The van der Waals surface area contributed by atoms with Crippen molar-refractivity contribution >= 4 is 10.9 Å². The van der Waals surface area contributed by atoms with Gasteiger partial charge in [-0.2, -0.15) is 0 Å². The van der Waals surface area contributed by atoms with E-state index >= 15 is 0 Å². The number of hydrogen-bond donors (Lipinski definition) is 1.